The molecule has 6 nitrogen and oxygen atoms in total. The van der Waals surface area contributed by atoms with E-state index >= 15 is 0 Å². The van der Waals surface area contributed by atoms with Crippen LogP contribution in [-0.4, -0.2) is 29.9 Å². The maximum atomic E-state index is 6.38. The second kappa shape index (κ2) is 7.65. The molecule has 7 heteroatoms. The summed E-state index contributed by atoms with van der Waals surface area (Å²) in [4.78, 5) is 4.14. The minimum atomic E-state index is -0.315. The Bertz CT molecular complexity index is 1120. The van der Waals surface area contributed by atoms with Gasteiger partial charge in [0.05, 0.1) is 26.0 Å². The van der Waals surface area contributed by atoms with Crippen LogP contribution in [0.25, 0.3) is 0 Å². The summed E-state index contributed by atoms with van der Waals surface area (Å²) in [6.07, 6.45) is 4.01. The van der Waals surface area contributed by atoms with Crippen LogP contribution in [0.4, 0.5) is 0 Å². The zero-order valence-electron chi connectivity index (χ0n) is 16.6. The molecule has 2 atom stereocenters. The van der Waals surface area contributed by atoms with Crippen molar-refractivity contribution in [1.82, 2.24) is 9.99 Å². The van der Waals surface area contributed by atoms with Gasteiger partial charge in [0.25, 0.3) is 0 Å². The lowest BCUT2D eigenvalue weighted by molar-refractivity contribution is -0.0191. The van der Waals surface area contributed by atoms with Crippen molar-refractivity contribution in [1.29, 1.82) is 0 Å². The molecule has 0 amide bonds. The number of halogens is 1. The Morgan fingerprint density at radius 2 is 1.80 bits per heavy atom. The molecule has 0 radical (unpaired) electrons. The molecular formula is C23H20BrN3O3. The van der Waals surface area contributed by atoms with Gasteiger partial charge in [-0.1, -0.05) is 15.9 Å². The number of fused-ring (bicyclic) bond motifs is 3. The van der Waals surface area contributed by atoms with Gasteiger partial charge >= 0.3 is 0 Å². The number of benzene rings is 2. The Morgan fingerprint density at radius 1 is 1.00 bits per heavy atom. The Kier molecular flexibility index (Phi) is 4.83. The summed E-state index contributed by atoms with van der Waals surface area (Å²) >= 11 is 3.59. The molecule has 0 unspecified atom stereocenters. The fraction of sp³-hybridized carbons (Fsp3) is 0.217. The summed E-state index contributed by atoms with van der Waals surface area (Å²) < 4.78 is 18.3. The van der Waals surface area contributed by atoms with Crippen LogP contribution in [0.1, 0.15) is 35.4 Å². The maximum Gasteiger partial charge on any atom is 0.213 e. The third kappa shape index (κ3) is 3.19. The molecule has 0 spiro atoms. The van der Waals surface area contributed by atoms with E-state index in [0.29, 0.717) is 11.5 Å². The molecule has 0 aliphatic carbocycles. The SMILES string of the molecule is COc1ccc(C2=NN3[C@H](C2)c2cc(Br)ccc2O[C@H]3c2ccncc2)cc1OC. The van der Waals surface area contributed by atoms with Crippen molar-refractivity contribution in [2.24, 2.45) is 5.10 Å². The maximum absolute atomic E-state index is 6.38. The molecule has 0 N–H and O–H groups in total. The first kappa shape index (κ1) is 18.9. The molecule has 0 saturated carbocycles. The van der Waals surface area contributed by atoms with Gasteiger partial charge in [-0.15, -0.1) is 0 Å². The lowest BCUT2D eigenvalue weighted by Gasteiger charge is -2.38. The fourth-order valence-corrected chi connectivity index (χ4v) is 4.38. The molecule has 3 aromatic rings. The van der Waals surface area contributed by atoms with Gasteiger partial charge in [-0.3, -0.25) is 4.98 Å². The van der Waals surface area contributed by atoms with Crippen molar-refractivity contribution in [3.8, 4) is 17.2 Å². The summed E-state index contributed by atoms with van der Waals surface area (Å²) in [5, 5.41) is 7.04. The van der Waals surface area contributed by atoms with E-state index in [-0.39, 0.29) is 12.3 Å². The predicted octanol–water partition coefficient (Wildman–Crippen LogP) is 5.10. The van der Waals surface area contributed by atoms with Crippen molar-refractivity contribution in [2.45, 2.75) is 18.7 Å². The first-order chi connectivity index (χ1) is 14.7. The molecule has 2 aromatic carbocycles. The number of methoxy groups -OCH3 is 2. The molecule has 0 fully saturated rings. The third-order valence-electron chi connectivity index (χ3n) is 5.46. The monoisotopic (exact) mass is 465 g/mol. The highest BCUT2D eigenvalue weighted by Gasteiger charge is 2.41. The topological polar surface area (TPSA) is 56.2 Å². The van der Waals surface area contributed by atoms with Crippen LogP contribution in [0.5, 0.6) is 17.2 Å². The minimum absolute atomic E-state index is 0.0764. The standard InChI is InChI=1S/C23H20BrN3O3/c1-28-21-5-3-15(11-22(21)29-2)18-13-19-17-12-16(24)4-6-20(17)30-23(27(19)26-18)14-7-9-25-10-8-14/h3-12,19,23H,13H2,1-2H3/t19-,23+/m1/s1. The highest BCUT2D eigenvalue weighted by molar-refractivity contribution is 9.10. The second-order valence-electron chi connectivity index (χ2n) is 7.15. The van der Waals surface area contributed by atoms with Crippen molar-refractivity contribution < 1.29 is 14.2 Å². The zero-order valence-corrected chi connectivity index (χ0v) is 18.2. The van der Waals surface area contributed by atoms with Crippen LogP contribution < -0.4 is 14.2 Å². The van der Waals surface area contributed by atoms with Crippen LogP contribution >= 0.6 is 15.9 Å². The van der Waals surface area contributed by atoms with Gasteiger partial charge in [0.2, 0.25) is 6.23 Å². The minimum Gasteiger partial charge on any atom is -0.493 e. The normalized spacial score (nSPS) is 19.4. The van der Waals surface area contributed by atoms with Gasteiger partial charge in [-0.25, -0.2) is 5.01 Å². The Morgan fingerprint density at radius 3 is 2.57 bits per heavy atom. The van der Waals surface area contributed by atoms with Gasteiger partial charge in [0, 0.05) is 40.0 Å². The van der Waals surface area contributed by atoms with Crippen molar-refractivity contribution in [2.75, 3.05) is 14.2 Å². The van der Waals surface area contributed by atoms with Gasteiger partial charge in [-0.2, -0.15) is 5.10 Å². The lowest BCUT2D eigenvalue weighted by Crippen LogP contribution is -2.33. The fourth-order valence-electron chi connectivity index (χ4n) is 4.00. The third-order valence-corrected chi connectivity index (χ3v) is 5.95. The highest BCUT2D eigenvalue weighted by Crippen LogP contribution is 2.48. The quantitative estimate of drug-likeness (QED) is 0.536. The first-order valence-electron chi connectivity index (χ1n) is 9.62. The van der Waals surface area contributed by atoms with E-state index < -0.39 is 0 Å². The van der Waals surface area contributed by atoms with E-state index in [1.165, 1.54) is 0 Å². The molecule has 30 heavy (non-hydrogen) atoms. The van der Waals surface area contributed by atoms with Crippen LogP contribution in [0.15, 0.2) is 70.5 Å². The molecule has 2 aliphatic rings. The molecule has 152 valence electrons. The van der Waals surface area contributed by atoms with Gasteiger partial charge < -0.3 is 14.2 Å². The average molecular weight is 466 g/mol. The zero-order chi connectivity index (χ0) is 20.7. The van der Waals surface area contributed by atoms with Crippen LogP contribution in [-0.2, 0) is 0 Å². The van der Waals surface area contributed by atoms with Gasteiger partial charge in [-0.05, 0) is 48.5 Å². The largest absolute Gasteiger partial charge is 0.493 e. The molecule has 5 rings (SSSR count). The molecule has 2 aliphatic heterocycles. The molecule has 3 heterocycles. The van der Waals surface area contributed by atoms with E-state index in [4.69, 9.17) is 19.3 Å². The number of rotatable bonds is 4. The number of aromatic nitrogens is 1. The van der Waals surface area contributed by atoms with Crippen LogP contribution in [0, 0.1) is 0 Å². The van der Waals surface area contributed by atoms with E-state index in [2.05, 4.69) is 32.0 Å². The molecule has 0 saturated heterocycles. The van der Waals surface area contributed by atoms with E-state index in [1.807, 2.05) is 42.5 Å². The molecular weight excluding hydrogens is 446 g/mol. The molecule has 0 bridgehead atoms. The summed E-state index contributed by atoms with van der Waals surface area (Å²) in [6.45, 7) is 0. The Hall–Kier alpha value is -3.06. The number of ether oxygens (including phenoxy) is 3. The summed E-state index contributed by atoms with van der Waals surface area (Å²) in [5.74, 6) is 2.27. The first-order valence-corrected chi connectivity index (χ1v) is 10.4. The predicted molar refractivity (Wildman–Crippen MR) is 117 cm³/mol. The second-order valence-corrected chi connectivity index (χ2v) is 8.06. The van der Waals surface area contributed by atoms with E-state index in [9.17, 15) is 0 Å². The molecule has 1 aromatic heterocycles. The van der Waals surface area contributed by atoms with Crippen molar-refractivity contribution in [3.05, 3.63) is 82.1 Å². The summed E-state index contributed by atoms with van der Waals surface area (Å²) in [5.41, 5.74) is 4.12. The van der Waals surface area contributed by atoms with Crippen molar-refractivity contribution in [3.63, 3.8) is 0 Å². The number of pyridine rings is 1. The number of hydrogen-bond acceptors (Lipinski definition) is 6. The summed E-state index contributed by atoms with van der Waals surface area (Å²) in [7, 11) is 3.28. The van der Waals surface area contributed by atoms with Gasteiger partial charge in [0.15, 0.2) is 11.5 Å². The van der Waals surface area contributed by atoms with Crippen molar-refractivity contribution >= 4 is 21.6 Å². The number of hydrazone groups is 1. The lowest BCUT2D eigenvalue weighted by atomic mass is 9.96. The Labute approximate surface area is 183 Å². The van der Waals surface area contributed by atoms with Crippen LogP contribution in [0.2, 0.25) is 0 Å². The Balaban J connectivity index is 1.58. The number of hydrogen-bond donors (Lipinski definition) is 0. The average Bonchev–Trinajstić information content (AvgIpc) is 3.24. The van der Waals surface area contributed by atoms with Gasteiger partial charge in [0.1, 0.15) is 5.75 Å². The van der Waals surface area contributed by atoms with E-state index in [0.717, 1.165) is 39.0 Å². The smallest absolute Gasteiger partial charge is 0.213 e. The summed E-state index contributed by atoms with van der Waals surface area (Å²) in [6, 6.07) is 16.0. The van der Waals surface area contributed by atoms with E-state index in [1.54, 1.807) is 26.6 Å². The van der Waals surface area contributed by atoms with Crippen LogP contribution in [0.3, 0.4) is 0 Å². The number of nitrogens with zero attached hydrogens (tertiary/aromatic N) is 3. The highest BCUT2D eigenvalue weighted by atomic mass is 79.9.